The van der Waals surface area contributed by atoms with Crippen LogP contribution in [0, 0.1) is 11.6 Å². The van der Waals surface area contributed by atoms with Crippen molar-refractivity contribution in [1.82, 2.24) is 14.8 Å². The summed E-state index contributed by atoms with van der Waals surface area (Å²) in [5.74, 6) is -2.09. The maximum Gasteiger partial charge on any atom is 0.268 e. The Morgan fingerprint density at radius 3 is 2.83 bits per heavy atom. The highest BCUT2D eigenvalue weighted by Crippen LogP contribution is 2.24. The lowest BCUT2D eigenvalue weighted by atomic mass is 10.2. The molecule has 0 spiro atoms. The van der Waals surface area contributed by atoms with E-state index in [0.717, 1.165) is 45.3 Å². The number of benzene rings is 1. The molecule has 1 aliphatic rings. The summed E-state index contributed by atoms with van der Waals surface area (Å²) in [5.41, 5.74) is 1.71. The van der Waals surface area contributed by atoms with Crippen LogP contribution in [0.15, 0.2) is 41.0 Å². The van der Waals surface area contributed by atoms with Gasteiger partial charge in [0, 0.05) is 37.3 Å². The van der Waals surface area contributed by atoms with Gasteiger partial charge in [-0.1, -0.05) is 12.1 Å². The molecule has 8 heteroatoms. The molecular weight excluding hydrogens is 380 g/mol. The van der Waals surface area contributed by atoms with Gasteiger partial charge in [0.25, 0.3) is 5.91 Å². The topological polar surface area (TPSA) is 59.6 Å². The Morgan fingerprint density at radius 1 is 1.17 bits per heavy atom. The van der Waals surface area contributed by atoms with E-state index in [2.05, 4.69) is 10.2 Å². The third-order valence-electron chi connectivity index (χ3n) is 5.16. The Labute approximate surface area is 167 Å². The highest BCUT2D eigenvalue weighted by molar-refractivity contribution is 5.97. The van der Waals surface area contributed by atoms with Gasteiger partial charge in [-0.25, -0.2) is 8.78 Å². The van der Waals surface area contributed by atoms with E-state index in [0.29, 0.717) is 23.3 Å². The highest BCUT2D eigenvalue weighted by Gasteiger charge is 2.19. The molecule has 0 aliphatic carbocycles. The minimum atomic E-state index is -0.910. The Hall–Kier alpha value is -2.71. The van der Waals surface area contributed by atoms with Crippen molar-refractivity contribution in [2.75, 3.05) is 39.4 Å². The van der Waals surface area contributed by atoms with Crippen LogP contribution >= 0.6 is 0 Å². The maximum atomic E-state index is 14.2. The van der Waals surface area contributed by atoms with Gasteiger partial charge in [-0.15, -0.1) is 0 Å². The second kappa shape index (κ2) is 8.75. The number of hydrogen-bond acceptors (Lipinski definition) is 4. The minimum Gasteiger partial charge on any atom is -0.463 e. The quantitative estimate of drug-likeness (QED) is 0.616. The first-order chi connectivity index (χ1) is 14.1. The summed E-state index contributed by atoms with van der Waals surface area (Å²) < 4.78 is 40.1. The molecule has 0 saturated carbocycles. The molecule has 1 aliphatic heterocycles. The monoisotopic (exact) mass is 403 g/mol. The van der Waals surface area contributed by atoms with E-state index in [-0.39, 0.29) is 18.0 Å². The van der Waals surface area contributed by atoms with E-state index >= 15 is 0 Å². The van der Waals surface area contributed by atoms with Gasteiger partial charge in [0.15, 0.2) is 17.2 Å². The summed E-state index contributed by atoms with van der Waals surface area (Å²) >= 11 is 0. The molecule has 29 heavy (non-hydrogen) atoms. The van der Waals surface area contributed by atoms with Crippen molar-refractivity contribution in [2.45, 2.75) is 13.0 Å². The first-order valence-corrected chi connectivity index (χ1v) is 9.71. The molecule has 1 saturated heterocycles. The van der Waals surface area contributed by atoms with Crippen molar-refractivity contribution in [1.29, 1.82) is 0 Å². The van der Waals surface area contributed by atoms with Crippen LogP contribution in [0.3, 0.4) is 0 Å². The largest absolute Gasteiger partial charge is 0.463 e. The van der Waals surface area contributed by atoms with Gasteiger partial charge in [-0.3, -0.25) is 9.69 Å². The smallest absolute Gasteiger partial charge is 0.268 e. The summed E-state index contributed by atoms with van der Waals surface area (Å²) in [6.07, 6.45) is 2.33. The van der Waals surface area contributed by atoms with Gasteiger partial charge in [-0.05, 0) is 19.0 Å². The molecular formula is C21H23F2N3O3. The molecule has 2 aromatic heterocycles. The number of furan rings is 1. The van der Waals surface area contributed by atoms with Gasteiger partial charge in [0.1, 0.15) is 5.69 Å². The summed E-state index contributed by atoms with van der Waals surface area (Å²) in [5, 5.41) is 2.91. The van der Waals surface area contributed by atoms with Crippen LogP contribution in [0.4, 0.5) is 8.78 Å². The van der Waals surface area contributed by atoms with Crippen molar-refractivity contribution < 1.29 is 22.7 Å². The minimum absolute atomic E-state index is 0.0309. The van der Waals surface area contributed by atoms with Crippen LogP contribution in [0.5, 0.6) is 0 Å². The molecule has 4 rings (SSSR count). The molecule has 0 unspecified atom stereocenters. The highest BCUT2D eigenvalue weighted by atomic mass is 19.2. The maximum absolute atomic E-state index is 14.2. The number of halogens is 2. The van der Waals surface area contributed by atoms with Gasteiger partial charge in [0.05, 0.1) is 31.5 Å². The van der Waals surface area contributed by atoms with Gasteiger partial charge in [0.2, 0.25) is 0 Å². The number of hydrogen-bond donors (Lipinski definition) is 1. The summed E-state index contributed by atoms with van der Waals surface area (Å²) in [7, 11) is 0. The van der Waals surface area contributed by atoms with E-state index in [4.69, 9.17) is 9.15 Å². The molecule has 0 radical (unpaired) electrons. The molecule has 1 amide bonds. The first-order valence-electron chi connectivity index (χ1n) is 9.71. The fourth-order valence-corrected chi connectivity index (χ4v) is 3.60. The molecule has 0 atom stereocenters. The van der Waals surface area contributed by atoms with Crippen LogP contribution in [0.25, 0.3) is 11.1 Å². The first kappa shape index (κ1) is 19.6. The van der Waals surface area contributed by atoms with E-state index in [1.54, 1.807) is 16.7 Å². The van der Waals surface area contributed by atoms with Crippen molar-refractivity contribution in [3.8, 4) is 0 Å². The van der Waals surface area contributed by atoms with E-state index in [1.165, 1.54) is 18.4 Å². The van der Waals surface area contributed by atoms with E-state index < -0.39 is 11.6 Å². The normalized spacial score (nSPS) is 15.1. The van der Waals surface area contributed by atoms with Gasteiger partial charge in [-0.2, -0.15) is 0 Å². The zero-order valence-electron chi connectivity index (χ0n) is 16.0. The Bertz CT molecular complexity index is 992. The summed E-state index contributed by atoms with van der Waals surface area (Å²) in [6, 6.07) is 7.37. The van der Waals surface area contributed by atoms with Crippen LogP contribution in [0.2, 0.25) is 0 Å². The van der Waals surface area contributed by atoms with Crippen molar-refractivity contribution in [3.63, 3.8) is 0 Å². The zero-order chi connectivity index (χ0) is 20.2. The third-order valence-corrected chi connectivity index (χ3v) is 5.16. The van der Waals surface area contributed by atoms with Gasteiger partial charge < -0.3 is 19.0 Å². The van der Waals surface area contributed by atoms with Crippen LogP contribution in [-0.4, -0.2) is 54.8 Å². The van der Waals surface area contributed by atoms with E-state index in [1.807, 2.05) is 0 Å². The SMILES string of the molecule is O=C(NCCCN1CCOCC1)c1cc2occc2n1Cc1cccc(F)c1F. The Kier molecular flexibility index (Phi) is 5.92. The van der Waals surface area contributed by atoms with Gasteiger partial charge >= 0.3 is 0 Å². The predicted molar refractivity (Wildman–Crippen MR) is 104 cm³/mol. The second-order valence-electron chi connectivity index (χ2n) is 7.06. The van der Waals surface area contributed by atoms with Crippen molar-refractivity contribution >= 4 is 17.0 Å². The Morgan fingerprint density at radius 2 is 2.00 bits per heavy atom. The van der Waals surface area contributed by atoms with E-state index in [9.17, 15) is 13.6 Å². The third kappa shape index (κ3) is 4.33. The molecule has 1 N–H and O–H groups in total. The number of amides is 1. The number of rotatable bonds is 7. The lowest BCUT2D eigenvalue weighted by molar-refractivity contribution is 0.0374. The fraction of sp³-hybridized carbons (Fsp3) is 0.381. The number of fused-ring (bicyclic) bond motifs is 1. The number of carbonyl (C=O) groups excluding carboxylic acids is 1. The molecule has 1 aromatic carbocycles. The van der Waals surface area contributed by atoms with Crippen molar-refractivity contribution in [3.05, 3.63) is 59.5 Å². The number of nitrogens with zero attached hydrogens (tertiary/aromatic N) is 2. The number of carbonyl (C=O) groups is 1. The molecule has 3 aromatic rings. The lowest BCUT2D eigenvalue weighted by Crippen LogP contribution is -2.38. The summed E-state index contributed by atoms with van der Waals surface area (Å²) in [4.78, 5) is 15.1. The average Bonchev–Trinajstić information content (AvgIpc) is 3.32. The van der Waals surface area contributed by atoms with Crippen molar-refractivity contribution in [2.24, 2.45) is 0 Å². The number of nitrogens with one attached hydrogen (secondary N) is 1. The number of ether oxygens (including phenoxy) is 1. The molecule has 0 bridgehead atoms. The standard InChI is InChI=1S/C21H23F2N3O3/c22-16-4-1-3-15(20(16)23)14-26-17-5-10-29-19(17)13-18(26)21(27)24-6-2-7-25-8-11-28-12-9-25/h1,3-5,10,13H,2,6-9,11-12,14H2,(H,24,27). The number of aromatic nitrogens is 1. The molecule has 3 heterocycles. The second-order valence-corrected chi connectivity index (χ2v) is 7.06. The van der Waals surface area contributed by atoms with Crippen LogP contribution in [0.1, 0.15) is 22.5 Å². The Balaban J connectivity index is 1.45. The molecule has 6 nitrogen and oxygen atoms in total. The summed E-state index contributed by atoms with van der Waals surface area (Å²) in [6.45, 7) is 4.76. The van der Waals surface area contributed by atoms with Crippen LogP contribution < -0.4 is 5.32 Å². The fourth-order valence-electron chi connectivity index (χ4n) is 3.60. The zero-order valence-corrected chi connectivity index (χ0v) is 16.0. The molecule has 1 fully saturated rings. The number of morpholine rings is 1. The van der Waals surface area contributed by atoms with Crippen LogP contribution in [-0.2, 0) is 11.3 Å². The molecule has 154 valence electrons. The predicted octanol–water partition coefficient (Wildman–Crippen LogP) is 3.01. The average molecular weight is 403 g/mol. The lowest BCUT2D eigenvalue weighted by Gasteiger charge is -2.26.